The van der Waals surface area contributed by atoms with Crippen LogP contribution in [0.3, 0.4) is 0 Å². The van der Waals surface area contributed by atoms with E-state index >= 15 is 0 Å². The number of hydrogen-bond donors (Lipinski definition) is 2. The number of carbonyl (C=O) groups is 1. The number of anilines is 1. The molecule has 3 N–H and O–H groups in total. The normalized spacial score (nSPS) is 16.2. The summed E-state index contributed by atoms with van der Waals surface area (Å²) in [5.41, 5.74) is 4.23. The third-order valence-corrected chi connectivity index (χ3v) is 3.29. The molecule has 1 heterocycles. The monoisotopic (exact) mass is 283 g/mol. The number of halogens is 1. The van der Waals surface area contributed by atoms with E-state index in [1.165, 1.54) is 4.90 Å². The molecule has 0 unspecified atom stereocenters. The van der Waals surface area contributed by atoms with Crippen molar-refractivity contribution in [3.8, 4) is 0 Å². The summed E-state index contributed by atoms with van der Waals surface area (Å²) in [7, 11) is 0. The third kappa shape index (κ3) is 2.69. The highest BCUT2D eigenvalue weighted by Crippen LogP contribution is 2.26. The number of amides is 1. The number of carbonyl (C=O) groups excluding carboxylic acids is 1. The number of nitro benzene ring substituents is 1. The Labute approximate surface area is 113 Å². The zero-order valence-electron chi connectivity index (χ0n) is 10.6. The summed E-state index contributed by atoms with van der Waals surface area (Å²) in [5, 5.41) is 20.3. The molecule has 0 aromatic heterocycles. The van der Waals surface area contributed by atoms with E-state index in [-0.39, 0.29) is 11.3 Å². The van der Waals surface area contributed by atoms with Crippen molar-refractivity contribution in [1.29, 1.82) is 0 Å². The number of aliphatic hydroxyl groups excluding tert-OH is 1. The molecule has 8 heteroatoms. The first kappa shape index (κ1) is 14.2. The fourth-order valence-electron chi connectivity index (χ4n) is 2.14. The first-order valence-electron chi connectivity index (χ1n) is 6.11. The van der Waals surface area contributed by atoms with Crippen molar-refractivity contribution in [2.45, 2.75) is 18.9 Å². The molecule has 108 valence electrons. The maximum Gasteiger partial charge on any atom is 0.285 e. The molecule has 0 aliphatic carbocycles. The second kappa shape index (κ2) is 5.41. The van der Waals surface area contributed by atoms with Gasteiger partial charge < -0.3 is 15.7 Å². The zero-order valence-corrected chi connectivity index (χ0v) is 10.6. The second-order valence-corrected chi connectivity index (χ2v) is 4.67. The summed E-state index contributed by atoms with van der Waals surface area (Å²) in [4.78, 5) is 23.8. The maximum absolute atomic E-state index is 13.3. The fraction of sp³-hybridized carbons (Fsp3) is 0.417. The minimum absolute atomic E-state index is 0.231. The van der Waals surface area contributed by atoms with Crippen LogP contribution in [0.25, 0.3) is 0 Å². The predicted molar refractivity (Wildman–Crippen MR) is 68.6 cm³/mol. The quantitative estimate of drug-likeness (QED) is 0.476. The van der Waals surface area contributed by atoms with Crippen molar-refractivity contribution in [1.82, 2.24) is 4.90 Å². The van der Waals surface area contributed by atoms with E-state index in [9.17, 15) is 24.4 Å². The van der Waals surface area contributed by atoms with Gasteiger partial charge in [-0.15, -0.1) is 0 Å². The Morgan fingerprint density at radius 1 is 1.45 bits per heavy atom. The molecule has 7 nitrogen and oxygen atoms in total. The van der Waals surface area contributed by atoms with Gasteiger partial charge in [-0.25, -0.2) is 4.39 Å². The number of nitrogens with zero attached hydrogens (tertiary/aromatic N) is 2. The second-order valence-electron chi connectivity index (χ2n) is 4.67. The minimum Gasteiger partial charge on any atom is -0.396 e. The highest BCUT2D eigenvalue weighted by Gasteiger charge is 2.29. The number of benzene rings is 1. The van der Waals surface area contributed by atoms with Gasteiger partial charge in [0.05, 0.1) is 22.8 Å². The van der Waals surface area contributed by atoms with Crippen LogP contribution in [0.1, 0.15) is 23.2 Å². The smallest absolute Gasteiger partial charge is 0.285 e. The molecular weight excluding hydrogens is 269 g/mol. The van der Waals surface area contributed by atoms with Crippen molar-refractivity contribution in [3.05, 3.63) is 33.6 Å². The third-order valence-electron chi connectivity index (χ3n) is 3.29. The molecule has 0 saturated carbocycles. The molecular formula is C12H14FN3O4. The lowest BCUT2D eigenvalue weighted by Gasteiger charge is -2.29. The van der Waals surface area contributed by atoms with Gasteiger partial charge in [0.2, 0.25) is 0 Å². The van der Waals surface area contributed by atoms with Crippen LogP contribution in [-0.2, 0) is 0 Å². The number of nitrogens with two attached hydrogens (primary N) is 1. The van der Waals surface area contributed by atoms with Gasteiger partial charge in [-0.3, -0.25) is 14.9 Å². The Balaban J connectivity index is 2.34. The van der Waals surface area contributed by atoms with Crippen molar-refractivity contribution < 1.29 is 19.2 Å². The van der Waals surface area contributed by atoms with Gasteiger partial charge in [-0.05, 0) is 18.9 Å². The number of likely N-dealkylation sites (tertiary alicyclic amines) is 1. The Morgan fingerprint density at radius 2 is 2.05 bits per heavy atom. The van der Waals surface area contributed by atoms with Gasteiger partial charge in [0.1, 0.15) is 5.56 Å². The van der Waals surface area contributed by atoms with Crippen molar-refractivity contribution in [2.75, 3.05) is 18.8 Å². The molecule has 1 fully saturated rings. The van der Waals surface area contributed by atoms with Gasteiger partial charge in [-0.2, -0.15) is 0 Å². The van der Waals surface area contributed by atoms with Crippen LogP contribution >= 0.6 is 0 Å². The van der Waals surface area contributed by atoms with Crippen LogP contribution in [0.15, 0.2) is 12.1 Å². The number of nitro groups is 1. The number of piperidine rings is 1. The van der Waals surface area contributed by atoms with Crippen LogP contribution in [0, 0.1) is 15.9 Å². The molecule has 1 aromatic rings. The van der Waals surface area contributed by atoms with Crippen molar-refractivity contribution >= 4 is 17.3 Å². The van der Waals surface area contributed by atoms with Crippen LogP contribution < -0.4 is 5.73 Å². The first-order chi connectivity index (χ1) is 9.40. The molecule has 1 aliphatic heterocycles. The standard InChI is InChI=1S/C12H14FN3O4/c13-9-6-11(16(19)20)8(5-10(9)14)12(18)15-3-1-7(17)2-4-15/h5-7,17H,1-4,14H2. The topological polar surface area (TPSA) is 110 Å². The van der Waals surface area contributed by atoms with E-state index in [1.807, 2.05) is 0 Å². The van der Waals surface area contributed by atoms with Crippen LogP contribution in [0.2, 0.25) is 0 Å². The van der Waals surface area contributed by atoms with E-state index in [2.05, 4.69) is 0 Å². The molecule has 1 saturated heterocycles. The van der Waals surface area contributed by atoms with Crippen molar-refractivity contribution in [3.63, 3.8) is 0 Å². The summed E-state index contributed by atoms with van der Waals surface area (Å²) in [6.45, 7) is 0.600. The zero-order chi connectivity index (χ0) is 14.9. The highest BCUT2D eigenvalue weighted by atomic mass is 19.1. The van der Waals surface area contributed by atoms with E-state index in [1.54, 1.807) is 0 Å². The van der Waals surface area contributed by atoms with Gasteiger partial charge in [-0.1, -0.05) is 0 Å². The molecule has 0 spiro atoms. The Bertz CT molecular complexity index is 556. The summed E-state index contributed by atoms with van der Waals surface area (Å²) in [6.07, 6.45) is 0.360. The fourth-order valence-corrected chi connectivity index (χ4v) is 2.14. The van der Waals surface area contributed by atoms with Gasteiger partial charge in [0.15, 0.2) is 5.82 Å². The number of rotatable bonds is 2. The number of aliphatic hydroxyl groups is 1. The molecule has 0 radical (unpaired) electrons. The summed E-state index contributed by atoms with van der Waals surface area (Å²) < 4.78 is 13.3. The average molecular weight is 283 g/mol. The highest BCUT2D eigenvalue weighted by molar-refractivity contribution is 5.99. The molecule has 1 aliphatic rings. The Kier molecular flexibility index (Phi) is 3.84. The molecule has 20 heavy (non-hydrogen) atoms. The lowest BCUT2D eigenvalue weighted by atomic mass is 10.1. The van der Waals surface area contributed by atoms with Crippen LogP contribution in [-0.4, -0.2) is 40.0 Å². The summed E-state index contributed by atoms with van der Waals surface area (Å²) in [5.74, 6) is -1.50. The van der Waals surface area contributed by atoms with E-state index in [4.69, 9.17) is 5.73 Å². The SMILES string of the molecule is Nc1cc(C(=O)N2CCC(O)CC2)c([N+](=O)[O-])cc1F. The minimum atomic E-state index is -0.928. The van der Waals surface area contributed by atoms with E-state index in [0.717, 1.165) is 6.07 Å². The van der Waals surface area contributed by atoms with Gasteiger partial charge in [0, 0.05) is 13.1 Å². The van der Waals surface area contributed by atoms with E-state index in [0.29, 0.717) is 32.0 Å². The van der Waals surface area contributed by atoms with E-state index < -0.39 is 28.4 Å². The number of nitrogen functional groups attached to an aromatic ring is 1. The Morgan fingerprint density at radius 3 is 2.60 bits per heavy atom. The predicted octanol–water partition coefficient (Wildman–Crippen LogP) is 0.913. The van der Waals surface area contributed by atoms with Crippen LogP contribution in [0.5, 0.6) is 0 Å². The molecule has 2 rings (SSSR count). The van der Waals surface area contributed by atoms with Gasteiger partial charge in [0.25, 0.3) is 11.6 Å². The maximum atomic E-state index is 13.3. The lowest BCUT2D eigenvalue weighted by Crippen LogP contribution is -2.40. The summed E-state index contributed by atoms with van der Waals surface area (Å²) >= 11 is 0. The molecule has 1 aromatic carbocycles. The lowest BCUT2D eigenvalue weighted by molar-refractivity contribution is -0.385. The summed E-state index contributed by atoms with van der Waals surface area (Å²) in [6, 6.07) is 1.64. The largest absolute Gasteiger partial charge is 0.396 e. The average Bonchev–Trinajstić information content (AvgIpc) is 2.41. The first-order valence-corrected chi connectivity index (χ1v) is 6.11. The van der Waals surface area contributed by atoms with Gasteiger partial charge >= 0.3 is 0 Å². The van der Waals surface area contributed by atoms with Crippen LogP contribution in [0.4, 0.5) is 15.8 Å². The van der Waals surface area contributed by atoms with Crippen molar-refractivity contribution in [2.24, 2.45) is 0 Å². The Hall–Kier alpha value is -2.22. The molecule has 1 amide bonds. The number of hydrogen-bond acceptors (Lipinski definition) is 5. The molecule has 0 bridgehead atoms. The molecule has 0 atom stereocenters.